The monoisotopic (exact) mass is 401 g/mol. The summed E-state index contributed by atoms with van der Waals surface area (Å²) in [6.45, 7) is 2.37. The molecule has 0 spiro atoms. The molecular weight excluding hydrogens is 378 g/mol. The van der Waals surface area contributed by atoms with Gasteiger partial charge in [0, 0.05) is 30.2 Å². The molecule has 9 heteroatoms. The number of amides is 1. The first-order chi connectivity index (χ1) is 12.1. The lowest BCUT2D eigenvalue weighted by Crippen LogP contribution is -2.50. The molecule has 1 aromatic carbocycles. The largest absolute Gasteiger partial charge is 0.483 e. The van der Waals surface area contributed by atoms with Crippen LogP contribution in [0.1, 0.15) is 17.1 Å². The van der Waals surface area contributed by atoms with Gasteiger partial charge in [0.1, 0.15) is 5.75 Å². The quantitative estimate of drug-likeness (QED) is 0.474. The van der Waals surface area contributed by atoms with Crippen molar-refractivity contribution in [3.05, 3.63) is 29.8 Å². The van der Waals surface area contributed by atoms with Gasteiger partial charge in [0.05, 0.1) is 11.2 Å². The first kappa shape index (κ1) is 20.2. The summed E-state index contributed by atoms with van der Waals surface area (Å²) in [4.78, 5) is 11.9. The Balaban J connectivity index is 1.76. The van der Waals surface area contributed by atoms with Gasteiger partial charge in [0.2, 0.25) is 0 Å². The minimum Gasteiger partial charge on any atom is -0.483 e. The molecule has 138 valence electrons. The van der Waals surface area contributed by atoms with E-state index in [1.165, 1.54) is 0 Å². The van der Waals surface area contributed by atoms with Gasteiger partial charge in [0.25, 0.3) is 5.91 Å². The number of hydrogen-bond acceptors (Lipinski definition) is 6. The third-order valence-electron chi connectivity index (χ3n) is 3.26. The van der Waals surface area contributed by atoms with Crippen molar-refractivity contribution in [2.45, 2.75) is 17.5 Å². The first-order valence-corrected chi connectivity index (χ1v) is 10.4. The summed E-state index contributed by atoms with van der Waals surface area (Å²) in [5, 5.41) is 3.32. The van der Waals surface area contributed by atoms with Crippen LogP contribution in [0.5, 0.6) is 5.75 Å². The molecule has 1 fully saturated rings. The van der Waals surface area contributed by atoms with Crippen LogP contribution in [0.15, 0.2) is 24.3 Å². The Labute approximate surface area is 162 Å². The number of hydrogen-bond donors (Lipinski definition) is 3. The average molecular weight is 402 g/mol. The molecule has 1 atom stereocenters. The minimum absolute atomic E-state index is 0.0476. The van der Waals surface area contributed by atoms with E-state index in [-0.39, 0.29) is 18.6 Å². The Morgan fingerprint density at radius 2 is 2.04 bits per heavy atom. The van der Waals surface area contributed by atoms with Crippen molar-refractivity contribution < 1.29 is 14.3 Å². The zero-order valence-electron chi connectivity index (χ0n) is 14.2. The zero-order chi connectivity index (χ0) is 18.1. The van der Waals surface area contributed by atoms with Gasteiger partial charge in [-0.3, -0.25) is 15.6 Å². The molecule has 0 saturated carbocycles. The van der Waals surface area contributed by atoms with Gasteiger partial charge >= 0.3 is 0 Å². The highest BCUT2D eigenvalue weighted by Gasteiger charge is 2.21. The van der Waals surface area contributed by atoms with Gasteiger partial charge in [0.15, 0.2) is 11.7 Å². The number of thioether (sulfide) groups is 2. The van der Waals surface area contributed by atoms with Crippen LogP contribution >= 0.6 is 35.7 Å². The number of hydrazine groups is 1. The number of nitrogens with one attached hydrogen (secondary N) is 3. The fourth-order valence-electron chi connectivity index (χ4n) is 2.20. The van der Waals surface area contributed by atoms with Crippen LogP contribution in [0.25, 0.3) is 0 Å². The molecule has 1 saturated heterocycles. The molecule has 2 rings (SSSR count). The number of thiocarbonyl (C=S) groups is 1. The summed E-state index contributed by atoms with van der Waals surface area (Å²) < 4.78 is 11.1. The summed E-state index contributed by atoms with van der Waals surface area (Å²) in [6, 6.07) is 7.90. The van der Waals surface area contributed by atoms with Crippen LogP contribution in [0.4, 0.5) is 0 Å². The standard InChI is InChI=1S/C16H23N3O3S3/c1-11(9-21-2)17-16(23)19-18-14(20)10-22-13-6-4-3-5-12(13)15-24-7-8-25-15/h3-6,11,15H,7-10H2,1-2H3,(H,18,20)(H2,17,19,23)/t11-/m1/s1. The second-order valence-corrected chi connectivity index (χ2v) is 8.54. The van der Waals surface area contributed by atoms with E-state index in [2.05, 4.69) is 22.2 Å². The van der Waals surface area contributed by atoms with Gasteiger partial charge < -0.3 is 14.8 Å². The van der Waals surface area contributed by atoms with Gasteiger partial charge in [-0.2, -0.15) is 0 Å². The molecule has 6 nitrogen and oxygen atoms in total. The smallest absolute Gasteiger partial charge is 0.276 e. The SMILES string of the molecule is COC[C@@H](C)NC(=S)NNC(=O)COc1ccccc1C1SCCS1. The van der Waals surface area contributed by atoms with E-state index < -0.39 is 0 Å². The molecule has 0 bridgehead atoms. The average Bonchev–Trinajstić information content (AvgIpc) is 3.13. The number of carbonyl (C=O) groups is 1. The lowest BCUT2D eigenvalue weighted by molar-refractivity contribution is -0.123. The number of benzene rings is 1. The molecule has 1 aromatic rings. The molecular formula is C16H23N3O3S3. The second kappa shape index (κ2) is 10.7. The van der Waals surface area contributed by atoms with Crippen LogP contribution in [0.3, 0.4) is 0 Å². The molecule has 1 heterocycles. The topological polar surface area (TPSA) is 71.6 Å². The fourth-order valence-corrected chi connectivity index (χ4v) is 5.36. The molecule has 25 heavy (non-hydrogen) atoms. The maximum Gasteiger partial charge on any atom is 0.276 e. The molecule has 0 radical (unpaired) electrons. The first-order valence-electron chi connectivity index (χ1n) is 7.89. The zero-order valence-corrected chi connectivity index (χ0v) is 16.7. The molecule has 3 N–H and O–H groups in total. The van der Waals surface area contributed by atoms with Crippen molar-refractivity contribution in [3.63, 3.8) is 0 Å². The maximum absolute atomic E-state index is 11.9. The number of ether oxygens (including phenoxy) is 2. The number of para-hydroxylation sites is 1. The van der Waals surface area contributed by atoms with Crippen molar-refractivity contribution in [2.24, 2.45) is 0 Å². The van der Waals surface area contributed by atoms with Gasteiger partial charge in [-0.25, -0.2) is 0 Å². The van der Waals surface area contributed by atoms with E-state index in [4.69, 9.17) is 21.7 Å². The van der Waals surface area contributed by atoms with Crippen molar-refractivity contribution >= 4 is 46.8 Å². The number of carbonyl (C=O) groups excluding carboxylic acids is 1. The second-order valence-electron chi connectivity index (χ2n) is 5.40. The molecule has 0 unspecified atom stereocenters. The highest BCUT2D eigenvalue weighted by Crippen LogP contribution is 2.48. The van der Waals surface area contributed by atoms with Crippen LogP contribution < -0.4 is 20.9 Å². The lowest BCUT2D eigenvalue weighted by Gasteiger charge is -2.17. The van der Waals surface area contributed by atoms with E-state index in [9.17, 15) is 4.79 Å². The van der Waals surface area contributed by atoms with E-state index in [0.29, 0.717) is 16.3 Å². The molecule has 1 aliphatic heterocycles. The van der Waals surface area contributed by atoms with Crippen LogP contribution in [-0.4, -0.2) is 48.9 Å². The van der Waals surface area contributed by atoms with Crippen molar-refractivity contribution in [1.29, 1.82) is 0 Å². The normalized spacial score (nSPS) is 15.4. The minimum atomic E-state index is -0.301. The Morgan fingerprint density at radius 1 is 1.32 bits per heavy atom. The highest BCUT2D eigenvalue weighted by atomic mass is 32.2. The summed E-state index contributed by atoms with van der Waals surface area (Å²) in [6.07, 6.45) is 0. The number of rotatable bonds is 7. The Bertz CT molecular complexity index is 583. The van der Waals surface area contributed by atoms with Gasteiger partial charge in [-0.05, 0) is 25.2 Å². The van der Waals surface area contributed by atoms with Gasteiger partial charge in [-0.15, -0.1) is 23.5 Å². The third kappa shape index (κ3) is 6.93. The molecule has 1 amide bonds. The molecule has 0 aromatic heterocycles. The Kier molecular flexibility index (Phi) is 8.66. The Morgan fingerprint density at radius 3 is 2.76 bits per heavy atom. The van der Waals surface area contributed by atoms with E-state index in [0.717, 1.165) is 22.8 Å². The van der Waals surface area contributed by atoms with Crippen LogP contribution in [0.2, 0.25) is 0 Å². The summed E-state index contributed by atoms with van der Waals surface area (Å²) in [7, 11) is 1.62. The molecule has 0 aliphatic carbocycles. The predicted octanol–water partition coefficient (Wildman–Crippen LogP) is 2.07. The summed E-state index contributed by atoms with van der Waals surface area (Å²) >= 11 is 8.90. The predicted molar refractivity (Wildman–Crippen MR) is 108 cm³/mol. The van der Waals surface area contributed by atoms with E-state index in [1.54, 1.807) is 7.11 Å². The van der Waals surface area contributed by atoms with Gasteiger partial charge in [-0.1, -0.05) is 18.2 Å². The highest BCUT2D eigenvalue weighted by molar-refractivity contribution is 8.19. The maximum atomic E-state index is 11.9. The van der Waals surface area contributed by atoms with Crippen LogP contribution in [0, 0.1) is 0 Å². The van der Waals surface area contributed by atoms with E-state index >= 15 is 0 Å². The van der Waals surface area contributed by atoms with Crippen molar-refractivity contribution in [1.82, 2.24) is 16.2 Å². The lowest BCUT2D eigenvalue weighted by atomic mass is 10.2. The number of methoxy groups -OCH3 is 1. The fraction of sp³-hybridized carbons (Fsp3) is 0.500. The van der Waals surface area contributed by atoms with E-state index in [1.807, 2.05) is 48.6 Å². The van der Waals surface area contributed by atoms with Crippen molar-refractivity contribution in [3.8, 4) is 5.75 Å². The summed E-state index contributed by atoms with van der Waals surface area (Å²) in [5.41, 5.74) is 6.30. The molecule has 1 aliphatic rings. The van der Waals surface area contributed by atoms with Crippen LogP contribution in [-0.2, 0) is 9.53 Å². The Hall–Kier alpha value is -1.16. The summed E-state index contributed by atoms with van der Waals surface area (Å²) in [5.74, 6) is 2.73. The third-order valence-corrected chi connectivity index (χ3v) is 6.55. The van der Waals surface area contributed by atoms with Crippen molar-refractivity contribution in [2.75, 3.05) is 31.8 Å².